The normalized spacial score (nSPS) is 14.0. The fourth-order valence-electron chi connectivity index (χ4n) is 3.15. The van der Waals surface area contributed by atoms with Gasteiger partial charge in [0.05, 0.1) is 12.4 Å². The van der Waals surface area contributed by atoms with Gasteiger partial charge in [-0.1, -0.05) is 18.2 Å². The van der Waals surface area contributed by atoms with Crippen LogP contribution in [0.5, 0.6) is 0 Å². The molecule has 2 heterocycles. The van der Waals surface area contributed by atoms with E-state index in [1.54, 1.807) is 23.2 Å². The van der Waals surface area contributed by atoms with Gasteiger partial charge in [0.2, 0.25) is 0 Å². The molecule has 1 aromatic heterocycles. The van der Waals surface area contributed by atoms with Crippen LogP contribution in [0.4, 0.5) is 21.6 Å². The third kappa shape index (κ3) is 4.09. The van der Waals surface area contributed by atoms with Crippen molar-refractivity contribution in [3.63, 3.8) is 0 Å². The second-order valence-corrected chi connectivity index (χ2v) is 6.53. The van der Waals surface area contributed by atoms with Gasteiger partial charge in [0, 0.05) is 37.6 Å². The molecule has 4 rings (SSSR count). The largest absolute Gasteiger partial charge is 0.368 e. The Hall–Kier alpha value is -3.48. The molecule has 0 radical (unpaired) electrons. The number of nitrogens with zero attached hydrogens (tertiary/aromatic N) is 4. The third-order valence-electron chi connectivity index (χ3n) is 4.68. The van der Waals surface area contributed by atoms with Gasteiger partial charge in [0.25, 0.3) is 5.91 Å². The Morgan fingerprint density at radius 3 is 2.25 bits per heavy atom. The molecule has 1 N–H and O–H groups in total. The average Bonchev–Trinajstić information content (AvgIpc) is 2.75. The zero-order valence-electron chi connectivity index (χ0n) is 15.3. The van der Waals surface area contributed by atoms with Crippen molar-refractivity contribution in [1.82, 2.24) is 14.9 Å². The number of nitrogens with one attached hydrogen (secondary N) is 1. The molecule has 0 spiro atoms. The minimum Gasteiger partial charge on any atom is -0.368 e. The summed E-state index contributed by atoms with van der Waals surface area (Å²) in [5.74, 6) is 0.211. The molecule has 1 saturated heterocycles. The van der Waals surface area contributed by atoms with Crippen LogP contribution in [0.1, 0.15) is 10.5 Å². The molecule has 0 bridgehead atoms. The fourth-order valence-corrected chi connectivity index (χ4v) is 3.15. The SMILES string of the molecule is O=C(c1cnc(Nc2ccccc2)cn1)N1CCN(c2ccc(F)cc2)CC1. The van der Waals surface area contributed by atoms with E-state index in [2.05, 4.69) is 20.2 Å². The average molecular weight is 377 g/mol. The van der Waals surface area contributed by atoms with Gasteiger partial charge in [0.15, 0.2) is 0 Å². The summed E-state index contributed by atoms with van der Waals surface area (Å²) in [6, 6.07) is 16.1. The van der Waals surface area contributed by atoms with Gasteiger partial charge in [-0.15, -0.1) is 0 Å². The van der Waals surface area contributed by atoms with E-state index in [0.29, 0.717) is 37.7 Å². The van der Waals surface area contributed by atoms with Crippen LogP contribution in [0, 0.1) is 5.82 Å². The van der Waals surface area contributed by atoms with Crippen LogP contribution in [-0.4, -0.2) is 47.0 Å². The molecule has 6 nitrogen and oxygen atoms in total. The fraction of sp³-hybridized carbons (Fsp3) is 0.190. The van der Waals surface area contributed by atoms with Crippen LogP contribution in [0.2, 0.25) is 0 Å². The van der Waals surface area contributed by atoms with Crippen LogP contribution in [-0.2, 0) is 0 Å². The number of para-hydroxylation sites is 1. The van der Waals surface area contributed by atoms with E-state index in [1.165, 1.54) is 18.3 Å². The van der Waals surface area contributed by atoms with Gasteiger partial charge in [-0.3, -0.25) is 4.79 Å². The minimum absolute atomic E-state index is 0.127. The highest BCUT2D eigenvalue weighted by molar-refractivity contribution is 5.92. The van der Waals surface area contributed by atoms with Crippen LogP contribution in [0.25, 0.3) is 0 Å². The summed E-state index contributed by atoms with van der Waals surface area (Å²) in [5.41, 5.74) is 2.20. The molecule has 0 saturated carbocycles. The molecule has 2 aromatic carbocycles. The van der Waals surface area contributed by atoms with Gasteiger partial charge in [-0.25, -0.2) is 14.4 Å². The van der Waals surface area contributed by atoms with Gasteiger partial charge >= 0.3 is 0 Å². The van der Waals surface area contributed by atoms with E-state index >= 15 is 0 Å². The predicted molar refractivity (Wildman–Crippen MR) is 106 cm³/mol. The summed E-state index contributed by atoms with van der Waals surface area (Å²) in [7, 11) is 0. The lowest BCUT2D eigenvalue weighted by atomic mass is 10.2. The molecule has 0 aliphatic carbocycles. The lowest BCUT2D eigenvalue weighted by Gasteiger charge is -2.35. The maximum atomic E-state index is 13.1. The topological polar surface area (TPSA) is 61.4 Å². The molecule has 0 unspecified atom stereocenters. The first-order valence-corrected chi connectivity index (χ1v) is 9.13. The number of hydrogen-bond acceptors (Lipinski definition) is 5. The molecule has 0 atom stereocenters. The predicted octanol–water partition coefficient (Wildman–Crippen LogP) is 3.32. The molecular weight excluding hydrogens is 357 g/mol. The minimum atomic E-state index is -0.249. The smallest absolute Gasteiger partial charge is 0.274 e. The van der Waals surface area contributed by atoms with E-state index in [0.717, 1.165) is 11.4 Å². The van der Waals surface area contributed by atoms with Crippen molar-refractivity contribution in [2.75, 3.05) is 36.4 Å². The van der Waals surface area contributed by atoms with Crippen molar-refractivity contribution in [2.45, 2.75) is 0 Å². The first-order valence-electron chi connectivity index (χ1n) is 9.13. The Bertz CT molecular complexity index is 923. The van der Waals surface area contributed by atoms with Crippen molar-refractivity contribution in [2.24, 2.45) is 0 Å². The number of halogens is 1. The highest BCUT2D eigenvalue weighted by atomic mass is 19.1. The molecule has 1 amide bonds. The van der Waals surface area contributed by atoms with E-state index in [-0.39, 0.29) is 11.7 Å². The molecule has 1 fully saturated rings. The Kier molecular flexibility index (Phi) is 5.14. The van der Waals surface area contributed by atoms with Crippen molar-refractivity contribution in [1.29, 1.82) is 0 Å². The summed E-state index contributed by atoms with van der Waals surface area (Å²) in [6.45, 7) is 2.56. The molecule has 3 aromatic rings. The van der Waals surface area contributed by atoms with Crippen LogP contribution >= 0.6 is 0 Å². The quantitative estimate of drug-likeness (QED) is 0.756. The Morgan fingerprint density at radius 1 is 0.893 bits per heavy atom. The number of piperazine rings is 1. The second-order valence-electron chi connectivity index (χ2n) is 6.53. The number of carbonyl (C=O) groups is 1. The standard InChI is InChI=1S/C21H20FN5O/c22-16-6-8-18(9-7-16)26-10-12-27(13-11-26)21(28)19-14-24-20(15-23-19)25-17-4-2-1-3-5-17/h1-9,14-15H,10-13H2,(H,24,25). The van der Waals surface area contributed by atoms with E-state index in [9.17, 15) is 9.18 Å². The van der Waals surface area contributed by atoms with Crippen molar-refractivity contribution < 1.29 is 9.18 Å². The van der Waals surface area contributed by atoms with Crippen LogP contribution < -0.4 is 10.2 Å². The molecule has 7 heteroatoms. The number of amides is 1. The lowest BCUT2D eigenvalue weighted by molar-refractivity contribution is 0.0740. The van der Waals surface area contributed by atoms with Gasteiger partial charge < -0.3 is 15.1 Å². The summed E-state index contributed by atoms with van der Waals surface area (Å²) < 4.78 is 13.1. The number of benzene rings is 2. The Balaban J connectivity index is 1.35. The Morgan fingerprint density at radius 2 is 1.61 bits per heavy atom. The first-order chi connectivity index (χ1) is 13.7. The number of anilines is 3. The molecule has 142 valence electrons. The van der Waals surface area contributed by atoms with Crippen molar-refractivity contribution in [3.8, 4) is 0 Å². The van der Waals surface area contributed by atoms with Gasteiger partial charge in [0.1, 0.15) is 17.3 Å². The van der Waals surface area contributed by atoms with E-state index < -0.39 is 0 Å². The number of carbonyl (C=O) groups excluding carboxylic acids is 1. The van der Waals surface area contributed by atoms with Crippen molar-refractivity contribution in [3.05, 3.63) is 78.5 Å². The number of aromatic nitrogens is 2. The van der Waals surface area contributed by atoms with Crippen LogP contribution in [0.3, 0.4) is 0 Å². The number of rotatable bonds is 4. The number of hydrogen-bond donors (Lipinski definition) is 1. The summed E-state index contributed by atoms with van der Waals surface area (Å²) in [5, 5.41) is 3.15. The summed E-state index contributed by atoms with van der Waals surface area (Å²) in [4.78, 5) is 25.2. The first kappa shape index (κ1) is 17.9. The summed E-state index contributed by atoms with van der Waals surface area (Å²) >= 11 is 0. The zero-order valence-corrected chi connectivity index (χ0v) is 15.3. The van der Waals surface area contributed by atoms with Crippen molar-refractivity contribution >= 4 is 23.1 Å². The molecule has 1 aliphatic rings. The van der Waals surface area contributed by atoms with E-state index in [1.807, 2.05) is 30.3 Å². The van der Waals surface area contributed by atoms with Gasteiger partial charge in [-0.2, -0.15) is 0 Å². The second kappa shape index (κ2) is 8.04. The lowest BCUT2D eigenvalue weighted by Crippen LogP contribution is -2.49. The monoisotopic (exact) mass is 377 g/mol. The maximum absolute atomic E-state index is 13.1. The Labute approximate surface area is 162 Å². The molecular formula is C21H20FN5O. The van der Waals surface area contributed by atoms with E-state index in [4.69, 9.17) is 0 Å². The van der Waals surface area contributed by atoms with Crippen LogP contribution in [0.15, 0.2) is 67.0 Å². The third-order valence-corrected chi connectivity index (χ3v) is 4.68. The molecule has 28 heavy (non-hydrogen) atoms. The highest BCUT2D eigenvalue weighted by Gasteiger charge is 2.23. The maximum Gasteiger partial charge on any atom is 0.274 e. The zero-order chi connectivity index (χ0) is 19.3. The summed E-state index contributed by atoms with van der Waals surface area (Å²) in [6.07, 6.45) is 3.06. The highest BCUT2D eigenvalue weighted by Crippen LogP contribution is 2.18. The van der Waals surface area contributed by atoms with Gasteiger partial charge in [-0.05, 0) is 36.4 Å². The molecule has 1 aliphatic heterocycles.